The second-order valence-corrected chi connectivity index (χ2v) is 5.67. The summed E-state index contributed by atoms with van der Waals surface area (Å²) >= 11 is 9.47. The van der Waals surface area contributed by atoms with E-state index in [9.17, 15) is 0 Å². The second-order valence-electron chi connectivity index (χ2n) is 4.41. The van der Waals surface area contributed by atoms with Crippen LogP contribution in [-0.4, -0.2) is 6.54 Å². The molecular formula is C13H19BrClN. The van der Waals surface area contributed by atoms with Gasteiger partial charge in [0.25, 0.3) is 0 Å². The van der Waals surface area contributed by atoms with Gasteiger partial charge >= 0.3 is 0 Å². The number of hydrogen-bond donors (Lipinski definition) is 1. The van der Waals surface area contributed by atoms with Crippen LogP contribution in [0.3, 0.4) is 0 Å². The lowest BCUT2D eigenvalue weighted by molar-refractivity contribution is 0.438. The smallest absolute Gasteiger partial charge is 0.0548 e. The van der Waals surface area contributed by atoms with Gasteiger partial charge in [-0.15, -0.1) is 0 Å². The van der Waals surface area contributed by atoms with Crippen LogP contribution in [0, 0.1) is 5.92 Å². The molecule has 3 heteroatoms. The van der Waals surface area contributed by atoms with Gasteiger partial charge in [-0.1, -0.05) is 38.4 Å². The van der Waals surface area contributed by atoms with Crippen molar-refractivity contribution < 1.29 is 0 Å². The molecule has 1 rings (SSSR count). The van der Waals surface area contributed by atoms with E-state index >= 15 is 0 Å². The fourth-order valence-electron chi connectivity index (χ4n) is 1.78. The Bertz CT molecular complexity index is 339. The zero-order valence-electron chi connectivity index (χ0n) is 10.1. The molecule has 1 atom stereocenters. The fourth-order valence-corrected chi connectivity index (χ4v) is 2.30. The highest BCUT2D eigenvalue weighted by Crippen LogP contribution is 2.28. The van der Waals surface area contributed by atoms with Crippen LogP contribution in [0.4, 0.5) is 0 Å². The van der Waals surface area contributed by atoms with Gasteiger partial charge in [0.15, 0.2) is 0 Å². The van der Waals surface area contributed by atoms with Crippen molar-refractivity contribution in [2.75, 3.05) is 6.54 Å². The molecule has 0 heterocycles. The molecule has 0 aliphatic rings. The van der Waals surface area contributed by atoms with Crippen LogP contribution in [0.5, 0.6) is 0 Å². The average molecular weight is 305 g/mol. The van der Waals surface area contributed by atoms with Crippen molar-refractivity contribution in [3.8, 4) is 0 Å². The molecule has 0 bridgehead atoms. The molecule has 0 saturated carbocycles. The van der Waals surface area contributed by atoms with E-state index in [1.54, 1.807) is 0 Å². The van der Waals surface area contributed by atoms with Crippen molar-refractivity contribution in [2.45, 2.75) is 33.2 Å². The third-order valence-electron chi connectivity index (χ3n) is 2.50. The van der Waals surface area contributed by atoms with E-state index in [0.717, 1.165) is 22.5 Å². The van der Waals surface area contributed by atoms with Gasteiger partial charge in [-0.3, -0.25) is 0 Å². The highest BCUT2D eigenvalue weighted by Gasteiger charge is 2.13. The molecule has 0 aromatic heterocycles. The molecule has 1 unspecified atom stereocenters. The van der Waals surface area contributed by atoms with E-state index in [1.165, 1.54) is 5.56 Å². The minimum Gasteiger partial charge on any atom is -0.310 e. The van der Waals surface area contributed by atoms with Crippen LogP contribution >= 0.6 is 27.5 Å². The largest absolute Gasteiger partial charge is 0.310 e. The van der Waals surface area contributed by atoms with Crippen LogP contribution in [0.1, 0.15) is 38.8 Å². The topological polar surface area (TPSA) is 12.0 Å². The average Bonchev–Trinajstić information content (AvgIpc) is 2.21. The Labute approximate surface area is 112 Å². The van der Waals surface area contributed by atoms with Gasteiger partial charge in [-0.05, 0) is 52.5 Å². The molecule has 90 valence electrons. The fraction of sp³-hybridized carbons (Fsp3) is 0.538. The first-order chi connectivity index (χ1) is 7.54. The lowest BCUT2D eigenvalue weighted by Gasteiger charge is -2.20. The zero-order chi connectivity index (χ0) is 12.1. The number of benzene rings is 1. The first-order valence-corrected chi connectivity index (χ1v) is 6.90. The summed E-state index contributed by atoms with van der Waals surface area (Å²) in [5, 5.41) is 4.28. The summed E-state index contributed by atoms with van der Waals surface area (Å²) in [6, 6.07) is 6.57. The molecule has 0 spiro atoms. The molecule has 1 aromatic rings. The molecule has 1 N–H and O–H groups in total. The molecule has 0 amide bonds. The Morgan fingerprint density at radius 3 is 2.56 bits per heavy atom. The van der Waals surface area contributed by atoms with Gasteiger partial charge in [0.2, 0.25) is 0 Å². The Hall–Kier alpha value is -0.0500. The third kappa shape index (κ3) is 4.08. The lowest BCUT2D eigenvalue weighted by atomic mass is 9.97. The van der Waals surface area contributed by atoms with Crippen LogP contribution in [0.2, 0.25) is 5.02 Å². The van der Waals surface area contributed by atoms with Gasteiger partial charge in [0.05, 0.1) is 5.02 Å². The number of rotatable bonds is 5. The Balaban J connectivity index is 2.87. The maximum atomic E-state index is 6.00. The van der Waals surface area contributed by atoms with E-state index in [4.69, 9.17) is 11.6 Å². The lowest BCUT2D eigenvalue weighted by Crippen LogP contribution is -2.22. The van der Waals surface area contributed by atoms with E-state index in [0.29, 0.717) is 12.0 Å². The summed E-state index contributed by atoms with van der Waals surface area (Å²) in [7, 11) is 0. The standard InChI is InChI=1S/C13H19BrClN/c1-4-16-13(7-9(2)3)10-5-6-12(15)11(14)8-10/h5-6,8-9,13,16H,4,7H2,1-3H3. The molecule has 0 radical (unpaired) electrons. The summed E-state index contributed by atoms with van der Waals surface area (Å²) in [4.78, 5) is 0. The summed E-state index contributed by atoms with van der Waals surface area (Å²) in [6.45, 7) is 7.61. The van der Waals surface area contributed by atoms with Crippen molar-refractivity contribution in [3.05, 3.63) is 33.3 Å². The van der Waals surface area contributed by atoms with Crippen LogP contribution in [-0.2, 0) is 0 Å². The first-order valence-electron chi connectivity index (χ1n) is 5.73. The van der Waals surface area contributed by atoms with Crippen molar-refractivity contribution in [1.82, 2.24) is 5.32 Å². The highest BCUT2D eigenvalue weighted by molar-refractivity contribution is 9.10. The van der Waals surface area contributed by atoms with E-state index in [2.05, 4.69) is 54.2 Å². The van der Waals surface area contributed by atoms with Gasteiger partial charge in [0, 0.05) is 10.5 Å². The molecule has 0 aliphatic carbocycles. The Kier molecular flexibility index (Phi) is 5.81. The number of halogens is 2. The van der Waals surface area contributed by atoms with E-state index < -0.39 is 0 Å². The monoisotopic (exact) mass is 303 g/mol. The van der Waals surface area contributed by atoms with Crippen molar-refractivity contribution in [2.24, 2.45) is 5.92 Å². The van der Waals surface area contributed by atoms with Crippen LogP contribution in [0.25, 0.3) is 0 Å². The van der Waals surface area contributed by atoms with Crippen LogP contribution < -0.4 is 5.32 Å². The molecule has 0 aliphatic heterocycles. The Morgan fingerprint density at radius 2 is 2.06 bits per heavy atom. The summed E-state index contributed by atoms with van der Waals surface area (Å²) < 4.78 is 0.971. The zero-order valence-corrected chi connectivity index (χ0v) is 12.4. The first kappa shape index (κ1) is 14.0. The summed E-state index contributed by atoms with van der Waals surface area (Å²) in [5.74, 6) is 0.679. The Morgan fingerprint density at radius 1 is 1.38 bits per heavy atom. The predicted molar refractivity (Wildman–Crippen MR) is 75.0 cm³/mol. The van der Waals surface area contributed by atoms with E-state index in [1.807, 2.05) is 6.07 Å². The van der Waals surface area contributed by atoms with Crippen LogP contribution in [0.15, 0.2) is 22.7 Å². The van der Waals surface area contributed by atoms with Crippen molar-refractivity contribution in [3.63, 3.8) is 0 Å². The van der Waals surface area contributed by atoms with Crippen molar-refractivity contribution >= 4 is 27.5 Å². The molecule has 0 fully saturated rings. The van der Waals surface area contributed by atoms with Gasteiger partial charge < -0.3 is 5.32 Å². The maximum Gasteiger partial charge on any atom is 0.0548 e. The predicted octanol–water partition coefficient (Wildman–Crippen LogP) is 4.80. The molecule has 0 saturated heterocycles. The highest BCUT2D eigenvalue weighted by atomic mass is 79.9. The van der Waals surface area contributed by atoms with E-state index in [-0.39, 0.29) is 0 Å². The molecule has 1 aromatic carbocycles. The van der Waals surface area contributed by atoms with Gasteiger partial charge in [0.1, 0.15) is 0 Å². The van der Waals surface area contributed by atoms with Crippen molar-refractivity contribution in [1.29, 1.82) is 0 Å². The molecular weight excluding hydrogens is 286 g/mol. The van der Waals surface area contributed by atoms with Gasteiger partial charge in [-0.2, -0.15) is 0 Å². The minimum absolute atomic E-state index is 0.415. The molecule has 1 nitrogen and oxygen atoms in total. The number of nitrogens with one attached hydrogen (secondary N) is 1. The normalized spacial score (nSPS) is 13.1. The van der Waals surface area contributed by atoms with Gasteiger partial charge in [-0.25, -0.2) is 0 Å². The minimum atomic E-state index is 0.415. The quantitative estimate of drug-likeness (QED) is 0.824. The maximum absolute atomic E-state index is 6.00. The third-order valence-corrected chi connectivity index (χ3v) is 3.72. The second kappa shape index (κ2) is 6.63. The number of hydrogen-bond acceptors (Lipinski definition) is 1. The summed E-state index contributed by atoms with van der Waals surface area (Å²) in [6.07, 6.45) is 1.14. The summed E-state index contributed by atoms with van der Waals surface area (Å²) in [5.41, 5.74) is 1.30. The molecule has 16 heavy (non-hydrogen) atoms. The SMILES string of the molecule is CCNC(CC(C)C)c1ccc(Cl)c(Br)c1.